The summed E-state index contributed by atoms with van der Waals surface area (Å²) in [6.07, 6.45) is 12.5. The van der Waals surface area contributed by atoms with Crippen LogP contribution in [0.4, 0.5) is 0 Å². The van der Waals surface area contributed by atoms with E-state index >= 15 is 0 Å². The summed E-state index contributed by atoms with van der Waals surface area (Å²) in [5.41, 5.74) is 0. The molecule has 1 rings (SSSR count). The average molecular weight is 227 g/mol. The maximum absolute atomic E-state index is 5.87. The summed E-state index contributed by atoms with van der Waals surface area (Å²) >= 11 is 0. The zero-order valence-electron chi connectivity index (χ0n) is 11.0. The summed E-state index contributed by atoms with van der Waals surface area (Å²) in [6.45, 7) is 5.50. The molecule has 0 bridgehead atoms. The van der Waals surface area contributed by atoms with Gasteiger partial charge in [0.25, 0.3) is 0 Å². The molecule has 1 aliphatic rings. The highest BCUT2D eigenvalue weighted by atomic mass is 16.5. The third-order valence-corrected chi connectivity index (χ3v) is 3.36. The van der Waals surface area contributed by atoms with Crippen molar-refractivity contribution in [3.63, 3.8) is 0 Å². The first-order chi connectivity index (χ1) is 7.93. The van der Waals surface area contributed by atoms with Crippen molar-refractivity contribution in [3.05, 3.63) is 0 Å². The molecular formula is C14H29NO. The lowest BCUT2D eigenvalue weighted by Gasteiger charge is -2.21. The average Bonchev–Trinajstić information content (AvgIpc) is 2.34. The van der Waals surface area contributed by atoms with Crippen molar-refractivity contribution in [1.82, 2.24) is 5.32 Å². The molecule has 0 radical (unpaired) electrons. The van der Waals surface area contributed by atoms with Gasteiger partial charge in [0.1, 0.15) is 0 Å². The Bertz CT molecular complexity index is 144. The Hall–Kier alpha value is -0.0800. The van der Waals surface area contributed by atoms with Crippen LogP contribution in [0.1, 0.15) is 64.7 Å². The van der Waals surface area contributed by atoms with Gasteiger partial charge in [-0.2, -0.15) is 0 Å². The predicted molar refractivity (Wildman–Crippen MR) is 69.8 cm³/mol. The minimum absolute atomic E-state index is 0.578. The first-order valence-corrected chi connectivity index (χ1v) is 7.26. The summed E-state index contributed by atoms with van der Waals surface area (Å²) in [5.74, 6) is 0. The maximum Gasteiger partial charge on any atom is 0.0575 e. The Morgan fingerprint density at radius 1 is 1.00 bits per heavy atom. The molecule has 0 heterocycles. The SMILES string of the molecule is CCCCCNCCCOC1CCCCC1. The highest BCUT2D eigenvalue weighted by Crippen LogP contribution is 2.20. The lowest BCUT2D eigenvalue weighted by molar-refractivity contribution is 0.0273. The van der Waals surface area contributed by atoms with Gasteiger partial charge in [-0.05, 0) is 38.8 Å². The van der Waals surface area contributed by atoms with Crippen LogP contribution in [0.2, 0.25) is 0 Å². The number of hydrogen-bond donors (Lipinski definition) is 1. The molecule has 0 atom stereocenters. The molecule has 1 fully saturated rings. The van der Waals surface area contributed by atoms with Crippen LogP contribution in [-0.4, -0.2) is 25.8 Å². The molecule has 96 valence electrons. The smallest absolute Gasteiger partial charge is 0.0575 e. The molecule has 0 spiro atoms. The standard InChI is InChI=1S/C14H29NO/c1-2-3-7-11-15-12-8-13-16-14-9-5-4-6-10-14/h14-15H,2-13H2,1H3. The fraction of sp³-hybridized carbons (Fsp3) is 1.00. The summed E-state index contributed by atoms with van der Waals surface area (Å²) < 4.78 is 5.87. The molecule has 0 aliphatic heterocycles. The van der Waals surface area contributed by atoms with Gasteiger partial charge >= 0.3 is 0 Å². The van der Waals surface area contributed by atoms with Crippen LogP contribution in [0.5, 0.6) is 0 Å². The van der Waals surface area contributed by atoms with Crippen LogP contribution >= 0.6 is 0 Å². The van der Waals surface area contributed by atoms with Crippen molar-refractivity contribution in [3.8, 4) is 0 Å². The molecule has 0 saturated heterocycles. The summed E-state index contributed by atoms with van der Waals surface area (Å²) in [5, 5.41) is 3.48. The van der Waals surface area contributed by atoms with E-state index in [4.69, 9.17) is 4.74 Å². The highest BCUT2D eigenvalue weighted by Gasteiger charge is 2.12. The minimum Gasteiger partial charge on any atom is -0.378 e. The number of nitrogens with one attached hydrogen (secondary N) is 1. The van der Waals surface area contributed by atoms with E-state index in [1.54, 1.807) is 0 Å². The van der Waals surface area contributed by atoms with E-state index in [9.17, 15) is 0 Å². The van der Waals surface area contributed by atoms with Crippen molar-refractivity contribution >= 4 is 0 Å². The number of hydrogen-bond acceptors (Lipinski definition) is 2. The summed E-state index contributed by atoms with van der Waals surface area (Å²) in [4.78, 5) is 0. The molecule has 0 aromatic heterocycles. The molecule has 0 aromatic rings. The molecule has 1 saturated carbocycles. The van der Waals surface area contributed by atoms with E-state index < -0.39 is 0 Å². The molecule has 1 N–H and O–H groups in total. The molecule has 1 aliphatic carbocycles. The quantitative estimate of drug-likeness (QED) is 0.609. The molecule has 2 heteroatoms. The second-order valence-electron chi connectivity index (χ2n) is 4.94. The zero-order valence-corrected chi connectivity index (χ0v) is 11.0. The van der Waals surface area contributed by atoms with E-state index in [2.05, 4.69) is 12.2 Å². The van der Waals surface area contributed by atoms with E-state index in [-0.39, 0.29) is 0 Å². The Morgan fingerprint density at radius 2 is 1.75 bits per heavy atom. The minimum atomic E-state index is 0.578. The van der Waals surface area contributed by atoms with Gasteiger partial charge in [-0.1, -0.05) is 39.0 Å². The van der Waals surface area contributed by atoms with Gasteiger partial charge in [-0.3, -0.25) is 0 Å². The third kappa shape index (κ3) is 7.24. The fourth-order valence-electron chi connectivity index (χ4n) is 2.30. The normalized spacial score (nSPS) is 17.8. The van der Waals surface area contributed by atoms with Gasteiger partial charge in [-0.15, -0.1) is 0 Å². The van der Waals surface area contributed by atoms with E-state index in [1.807, 2.05) is 0 Å². The fourth-order valence-corrected chi connectivity index (χ4v) is 2.30. The van der Waals surface area contributed by atoms with Crippen LogP contribution < -0.4 is 5.32 Å². The first kappa shape index (κ1) is 14.0. The molecule has 0 aromatic carbocycles. The Balaban J connectivity index is 1.77. The van der Waals surface area contributed by atoms with Crippen molar-refractivity contribution in [1.29, 1.82) is 0 Å². The monoisotopic (exact) mass is 227 g/mol. The van der Waals surface area contributed by atoms with Crippen molar-refractivity contribution in [2.45, 2.75) is 70.8 Å². The van der Waals surface area contributed by atoms with Gasteiger partial charge in [0, 0.05) is 6.61 Å². The number of ether oxygens (including phenoxy) is 1. The second kappa shape index (κ2) is 10.1. The lowest BCUT2D eigenvalue weighted by atomic mass is 9.98. The van der Waals surface area contributed by atoms with Crippen LogP contribution in [0, 0.1) is 0 Å². The number of unbranched alkanes of at least 4 members (excludes halogenated alkanes) is 2. The Kier molecular flexibility index (Phi) is 8.83. The largest absolute Gasteiger partial charge is 0.378 e. The third-order valence-electron chi connectivity index (χ3n) is 3.36. The lowest BCUT2D eigenvalue weighted by Crippen LogP contribution is -2.21. The van der Waals surface area contributed by atoms with E-state index in [1.165, 1.54) is 64.3 Å². The Labute approximate surface area is 101 Å². The molecule has 0 amide bonds. The van der Waals surface area contributed by atoms with Crippen molar-refractivity contribution < 1.29 is 4.74 Å². The molecule has 16 heavy (non-hydrogen) atoms. The first-order valence-electron chi connectivity index (χ1n) is 7.26. The van der Waals surface area contributed by atoms with Crippen molar-refractivity contribution in [2.75, 3.05) is 19.7 Å². The highest BCUT2D eigenvalue weighted by molar-refractivity contribution is 4.65. The van der Waals surface area contributed by atoms with Gasteiger partial charge in [0.2, 0.25) is 0 Å². The maximum atomic E-state index is 5.87. The van der Waals surface area contributed by atoms with Crippen LogP contribution in [-0.2, 0) is 4.74 Å². The van der Waals surface area contributed by atoms with Gasteiger partial charge in [0.15, 0.2) is 0 Å². The van der Waals surface area contributed by atoms with Crippen molar-refractivity contribution in [2.24, 2.45) is 0 Å². The van der Waals surface area contributed by atoms with Crippen LogP contribution in [0.15, 0.2) is 0 Å². The topological polar surface area (TPSA) is 21.3 Å². The van der Waals surface area contributed by atoms with Crippen LogP contribution in [0.25, 0.3) is 0 Å². The Morgan fingerprint density at radius 3 is 2.50 bits per heavy atom. The molecule has 0 unspecified atom stereocenters. The summed E-state index contributed by atoms with van der Waals surface area (Å²) in [7, 11) is 0. The van der Waals surface area contributed by atoms with E-state index in [0.717, 1.165) is 13.2 Å². The van der Waals surface area contributed by atoms with Crippen LogP contribution in [0.3, 0.4) is 0 Å². The van der Waals surface area contributed by atoms with Gasteiger partial charge < -0.3 is 10.1 Å². The zero-order chi connectivity index (χ0) is 11.5. The summed E-state index contributed by atoms with van der Waals surface area (Å²) in [6, 6.07) is 0. The molecule has 2 nitrogen and oxygen atoms in total. The number of rotatable bonds is 9. The predicted octanol–water partition coefficient (Wildman–Crippen LogP) is 3.51. The van der Waals surface area contributed by atoms with E-state index in [0.29, 0.717) is 6.10 Å². The van der Waals surface area contributed by atoms with Gasteiger partial charge in [0.05, 0.1) is 6.10 Å². The molecular weight excluding hydrogens is 198 g/mol. The second-order valence-corrected chi connectivity index (χ2v) is 4.94. The van der Waals surface area contributed by atoms with Gasteiger partial charge in [-0.25, -0.2) is 0 Å².